The topological polar surface area (TPSA) is 214 Å². The molecule has 14 nitrogen and oxygen atoms in total. The number of fused-ring (bicyclic) bond motifs is 5. The van der Waals surface area contributed by atoms with Gasteiger partial charge in [-0.15, -0.1) is 0 Å². The highest BCUT2D eigenvalue weighted by atomic mass is 16.3. The second-order valence-corrected chi connectivity index (χ2v) is 18.1. The van der Waals surface area contributed by atoms with Crippen molar-refractivity contribution in [3.8, 4) is 22.6 Å². The minimum atomic E-state index is -1.24. The number of carbonyl (C=O) groups excluding carboxylic acids is 6. The molecule has 4 bridgehead atoms. The number of nitrogens with zero attached hydrogens (tertiary/aromatic N) is 2. The van der Waals surface area contributed by atoms with Crippen LogP contribution in [0.2, 0.25) is 0 Å². The van der Waals surface area contributed by atoms with Gasteiger partial charge >= 0.3 is 0 Å². The number of unbranched alkanes of at least 4 members (excludes halogenated alkanes) is 13. The summed E-state index contributed by atoms with van der Waals surface area (Å²) in [5.41, 5.74) is 1.64. The molecule has 2 aromatic carbocycles. The van der Waals surface area contributed by atoms with E-state index < -0.39 is 54.0 Å². The molecule has 362 valence electrons. The van der Waals surface area contributed by atoms with Gasteiger partial charge in [-0.1, -0.05) is 103 Å². The highest BCUT2D eigenvalue weighted by Gasteiger charge is 2.34. The monoisotopic (exact) mass is 907 g/mol. The summed E-state index contributed by atoms with van der Waals surface area (Å²) in [6.07, 6.45) is 16.3. The second-order valence-electron chi connectivity index (χ2n) is 18.1. The van der Waals surface area contributed by atoms with Crippen LogP contribution >= 0.6 is 0 Å². The SMILES string of the molecule is CCCCCCCCCCCCCCCC(=O)N(C)[C@H](CO)C(=O)N[C@H](C)C(=O)CCC(=O)N(C)[C@@H]1C(=O)C[C@@H](CCCCO)C(=O)N[C@H](C)Cc2ccc(O)c(c2)-c2cc1ccc2O. The normalized spacial score (nSPS) is 17.4. The molecule has 0 radical (unpaired) electrons. The van der Waals surface area contributed by atoms with Crippen LogP contribution in [0, 0.1) is 5.92 Å². The Morgan fingerprint density at radius 2 is 1.32 bits per heavy atom. The second kappa shape index (κ2) is 29.0. The summed E-state index contributed by atoms with van der Waals surface area (Å²) in [5, 5.41) is 47.0. The highest BCUT2D eigenvalue weighted by Crippen LogP contribution is 2.39. The van der Waals surface area contributed by atoms with E-state index in [1.807, 2.05) is 6.92 Å². The molecule has 65 heavy (non-hydrogen) atoms. The molecule has 1 aliphatic rings. The van der Waals surface area contributed by atoms with E-state index in [1.54, 1.807) is 12.1 Å². The standard InChI is InChI=1S/C51H78N4O10/c1-6-7-8-9-10-11-12-13-14-15-16-17-18-22-47(62)54(4)42(34-57)51(65)53-36(3)43(58)27-28-48(63)55(5)49-38-24-26-45(60)41(32-38)40-31-37(23-25-44(40)59)30-35(2)52-50(64)39(33-46(49)61)21-19-20-29-56/h23-26,31-32,35-36,39,42,49,56-57,59-60H,6-22,27-30,33-34H2,1-5H3,(H,52,64)(H,53,65)/t35-,36-,39-,42-,49+/m1/s1. The maximum Gasteiger partial charge on any atom is 0.245 e. The van der Waals surface area contributed by atoms with Crippen LogP contribution in [0.5, 0.6) is 11.5 Å². The van der Waals surface area contributed by atoms with Crippen LogP contribution in [0.25, 0.3) is 11.1 Å². The largest absolute Gasteiger partial charge is 0.507 e. The molecule has 6 N–H and O–H groups in total. The Kier molecular flexibility index (Phi) is 24.3. The van der Waals surface area contributed by atoms with Gasteiger partial charge in [-0.05, 0) is 74.9 Å². The number of ketones is 2. The van der Waals surface area contributed by atoms with E-state index in [4.69, 9.17) is 0 Å². The molecule has 0 aliphatic carbocycles. The predicted molar refractivity (Wildman–Crippen MR) is 252 cm³/mol. The third kappa shape index (κ3) is 17.8. The molecule has 0 saturated heterocycles. The molecule has 5 atom stereocenters. The number of carbonyl (C=O) groups is 6. The van der Waals surface area contributed by atoms with Gasteiger partial charge in [-0.25, -0.2) is 0 Å². The Hall–Kier alpha value is -4.82. The van der Waals surface area contributed by atoms with E-state index in [1.165, 1.54) is 113 Å². The number of phenols is 2. The lowest BCUT2D eigenvalue weighted by Crippen LogP contribution is -2.53. The van der Waals surface area contributed by atoms with Crippen molar-refractivity contribution in [1.29, 1.82) is 0 Å². The van der Waals surface area contributed by atoms with E-state index >= 15 is 0 Å². The molecular weight excluding hydrogens is 829 g/mol. The van der Waals surface area contributed by atoms with Gasteiger partial charge in [0.15, 0.2) is 11.6 Å². The molecule has 4 amide bonds. The third-order valence-electron chi connectivity index (χ3n) is 12.7. The summed E-state index contributed by atoms with van der Waals surface area (Å²) in [6, 6.07) is 5.50. The van der Waals surface area contributed by atoms with Gasteiger partial charge in [0.1, 0.15) is 23.6 Å². The van der Waals surface area contributed by atoms with E-state index in [9.17, 15) is 49.2 Å². The zero-order valence-electron chi connectivity index (χ0n) is 39.7. The lowest BCUT2D eigenvalue weighted by molar-refractivity contribution is -0.142. The summed E-state index contributed by atoms with van der Waals surface area (Å²) >= 11 is 0. The number of hydrogen-bond donors (Lipinski definition) is 6. The van der Waals surface area contributed by atoms with Crippen LogP contribution in [0.1, 0.15) is 166 Å². The van der Waals surface area contributed by atoms with Gasteiger partial charge in [0.2, 0.25) is 23.6 Å². The fourth-order valence-electron chi connectivity index (χ4n) is 8.62. The maximum absolute atomic E-state index is 14.4. The highest BCUT2D eigenvalue weighted by molar-refractivity contribution is 5.96. The lowest BCUT2D eigenvalue weighted by Gasteiger charge is -2.30. The van der Waals surface area contributed by atoms with Gasteiger partial charge in [0.05, 0.1) is 12.6 Å². The smallest absolute Gasteiger partial charge is 0.245 e. The maximum atomic E-state index is 14.4. The van der Waals surface area contributed by atoms with Crippen molar-refractivity contribution in [3.05, 3.63) is 47.5 Å². The molecule has 1 heterocycles. The lowest BCUT2D eigenvalue weighted by atomic mass is 9.87. The number of aliphatic hydroxyl groups is 2. The molecule has 0 spiro atoms. The van der Waals surface area contributed by atoms with E-state index in [0.717, 1.165) is 24.8 Å². The fraction of sp³-hybridized carbons (Fsp3) is 0.647. The fourth-order valence-corrected chi connectivity index (χ4v) is 8.62. The Balaban J connectivity index is 1.63. The van der Waals surface area contributed by atoms with Gasteiger partial charge < -0.3 is 40.9 Å². The number of aliphatic hydroxyl groups excluding tert-OH is 2. The number of nitrogens with one attached hydrogen (secondary N) is 2. The quantitative estimate of drug-likeness (QED) is 0.0496. The van der Waals surface area contributed by atoms with Crippen LogP contribution in [0.15, 0.2) is 36.4 Å². The van der Waals surface area contributed by atoms with Crippen molar-refractivity contribution >= 4 is 35.2 Å². The first kappa shape index (κ1) is 54.5. The summed E-state index contributed by atoms with van der Waals surface area (Å²) in [4.78, 5) is 83.9. The summed E-state index contributed by atoms with van der Waals surface area (Å²) in [6.45, 7) is 4.81. The molecule has 14 heteroatoms. The average Bonchev–Trinajstić information content (AvgIpc) is 3.27. The first-order valence-electron chi connectivity index (χ1n) is 24.2. The zero-order chi connectivity index (χ0) is 47.9. The van der Waals surface area contributed by atoms with Gasteiger partial charge in [0.25, 0.3) is 0 Å². The van der Waals surface area contributed by atoms with Crippen molar-refractivity contribution in [1.82, 2.24) is 20.4 Å². The van der Waals surface area contributed by atoms with Crippen molar-refractivity contribution in [3.63, 3.8) is 0 Å². The number of amides is 4. The zero-order valence-corrected chi connectivity index (χ0v) is 39.7. The predicted octanol–water partition coefficient (Wildman–Crippen LogP) is 7.22. The molecule has 0 fully saturated rings. The number of rotatable bonds is 27. The Morgan fingerprint density at radius 3 is 1.92 bits per heavy atom. The number of phenolic OH excluding ortho intramolecular Hbond substituents is 2. The Morgan fingerprint density at radius 1 is 0.738 bits per heavy atom. The number of benzene rings is 2. The minimum Gasteiger partial charge on any atom is -0.507 e. The van der Waals surface area contributed by atoms with Crippen molar-refractivity contribution in [2.75, 3.05) is 27.3 Å². The molecule has 0 unspecified atom stereocenters. The summed E-state index contributed by atoms with van der Waals surface area (Å²) in [5.74, 6) is -3.87. The van der Waals surface area contributed by atoms with Gasteiger partial charge in [-0.3, -0.25) is 28.8 Å². The minimum absolute atomic E-state index is 0.0721. The molecule has 1 aliphatic heterocycles. The number of hydrogen-bond acceptors (Lipinski definition) is 10. The van der Waals surface area contributed by atoms with Crippen LogP contribution in [-0.4, -0.2) is 111 Å². The van der Waals surface area contributed by atoms with Crippen molar-refractivity contribution in [2.45, 2.75) is 180 Å². The van der Waals surface area contributed by atoms with Gasteiger partial charge in [0, 0.05) is 69.5 Å². The molecule has 0 aromatic heterocycles. The number of Topliss-reactive ketones (excluding diaryl/α,β-unsaturated/α-hetero) is 2. The van der Waals surface area contributed by atoms with Crippen LogP contribution < -0.4 is 10.6 Å². The average molecular weight is 907 g/mol. The third-order valence-corrected chi connectivity index (χ3v) is 12.7. The Bertz CT molecular complexity index is 1850. The first-order valence-corrected chi connectivity index (χ1v) is 24.2. The van der Waals surface area contributed by atoms with Gasteiger partial charge in [-0.2, -0.15) is 0 Å². The van der Waals surface area contributed by atoms with Crippen LogP contribution in [0.4, 0.5) is 0 Å². The molecule has 0 saturated carbocycles. The van der Waals surface area contributed by atoms with Crippen molar-refractivity contribution in [2.24, 2.45) is 5.92 Å². The summed E-state index contributed by atoms with van der Waals surface area (Å²) < 4.78 is 0. The van der Waals surface area contributed by atoms with Crippen LogP contribution in [-0.2, 0) is 35.2 Å². The van der Waals surface area contributed by atoms with Crippen molar-refractivity contribution < 1.29 is 49.2 Å². The molecule has 3 rings (SSSR count). The number of likely N-dealkylation sites (N-methyl/N-ethyl adjacent to an activating group) is 2. The number of aromatic hydroxyl groups is 2. The van der Waals surface area contributed by atoms with E-state index in [-0.39, 0.29) is 67.2 Å². The Labute approximate surface area is 386 Å². The first-order chi connectivity index (χ1) is 31.1. The molecular formula is C51H78N4O10. The van der Waals surface area contributed by atoms with Crippen LogP contribution in [0.3, 0.4) is 0 Å². The summed E-state index contributed by atoms with van der Waals surface area (Å²) in [7, 11) is 2.88. The van der Waals surface area contributed by atoms with E-state index in [2.05, 4.69) is 17.6 Å². The molecule has 2 aromatic rings. The van der Waals surface area contributed by atoms with E-state index in [0.29, 0.717) is 43.2 Å².